The van der Waals surface area contributed by atoms with Crippen LogP contribution in [0, 0.1) is 5.92 Å². The summed E-state index contributed by atoms with van der Waals surface area (Å²) in [4.78, 5) is 35.8. The molecule has 2 aromatic rings. The van der Waals surface area contributed by atoms with Crippen LogP contribution in [0.5, 0.6) is 5.88 Å². The Bertz CT molecular complexity index is 965. The largest absolute Gasteiger partial charge is 0.493 e. The number of aromatic hydroxyl groups is 1. The number of halogens is 2. The van der Waals surface area contributed by atoms with Crippen molar-refractivity contribution in [2.24, 2.45) is 5.92 Å². The SMILES string of the molecule is CC(C)CC(NC(Cn1c(O)cn(Cc2cc(Cl)cc(Cl)c2)c1=O)C(=O)O)C(=O)O. The van der Waals surface area contributed by atoms with Crippen LogP contribution in [-0.2, 0) is 22.7 Å². The third kappa shape index (κ3) is 6.25. The lowest BCUT2D eigenvalue weighted by molar-refractivity contribution is -0.143. The van der Waals surface area contributed by atoms with Gasteiger partial charge in [0, 0.05) is 10.0 Å². The molecule has 30 heavy (non-hydrogen) atoms. The Morgan fingerprint density at radius 3 is 2.13 bits per heavy atom. The lowest BCUT2D eigenvalue weighted by Gasteiger charge is -2.21. The first-order valence-electron chi connectivity index (χ1n) is 9.13. The predicted molar refractivity (Wildman–Crippen MR) is 111 cm³/mol. The number of benzene rings is 1. The third-order valence-electron chi connectivity index (χ3n) is 4.37. The van der Waals surface area contributed by atoms with Crippen LogP contribution in [-0.4, -0.2) is 48.5 Å². The monoisotopic (exact) mass is 459 g/mol. The molecule has 0 aliphatic carbocycles. The Labute approximate surface area is 182 Å². The first kappa shape index (κ1) is 23.8. The van der Waals surface area contributed by atoms with Crippen LogP contribution in [0.15, 0.2) is 29.2 Å². The zero-order valence-electron chi connectivity index (χ0n) is 16.4. The predicted octanol–water partition coefficient (Wildman–Crippen LogP) is 2.25. The molecule has 11 heteroatoms. The zero-order chi connectivity index (χ0) is 22.6. The number of rotatable bonds is 10. The second kappa shape index (κ2) is 10.0. The van der Waals surface area contributed by atoms with Crippen molar-refractivity contribution < 1.29 is 24.9 Å². The van der Waals surface area contributed by atoms with E-state index in [9.17, 15) is 29.7 Å². The summed E-state index contributed by atoms with van der Waals surface area (Å²) in [6.07, 6.45) is 1.37. The molecule has 1 aromatic carbocycles. The van der Waals surface area contributed by atoms with E-state index >= 15 is 0 Å². The smallest absolute Gasteiger partial charge is 0.331 e. The Morgan fingerprint density at radius 2 is 1.63 bits per heavy atom. The summed E-state index contributed by atoms with van der Waals surface area (Å²) in [5.41, 5.74) is -0.0464. The molecular formula is C19H23Cl2N3O6. The Hall–Kier alpha value is -2.49. The third-order valence-corrected chi connectivity index (χ3v) is 4.81. The summed E-state index contributed by atoms with van der Waals surface area (Å²) in [5.74, 6) is -2.97. The normalized spacial score (nSPS) is 13.4. The average molecular weight is 460 g/mol. The summed E-state index contributed by atoms with van der Waals surface area (Å²) in [5, 5.41) is 32.3. The van der Waals surface area contributed by atoms with Crippen LogP contribution in [0.3, 0.4) is 0 Å². The van der Waals surface area contributed by atoms with Gasteiger partial charge in [0.15, 0.2) is 0 Å². The van der Waals surface area contributed by atoms with Gasteiger partial charge in [0.25, 0.3) is 0 Å². The van der Waals surface area contributed by atoms with Crippen molar-refractivity contribution in [3.05, 3.63) is 50.5 Å². The van der Waals surface area contributed by atoms with E-state index in [4.69, 9.17) is 23.2 Å². The van der Waals surface area contributed by atoms with Crippen molar-refractivity contribution >= 4 is 35.1 Å². The highest BCUT2D eigenvalue weighted by Crippen LogP contribution is 2.20. The summed E-state index contributed by atoms with van der Waals surface area (Å²) in [6, 6.07) is 2.25. The van der Waals surface area contributed by atoms with Crippen molar-refractivity contribution in [3.8, 4) is 5.88 Å². The molecule has 0 saturated heterocycles. The summed E-state index contributed by atoms with van der Waals surface area (Å²) >= 11 is 11.9. The number of hydrogen-bond acceptors (Lipinski definition) is 5. The van der Waals surface area contributed by atoms with Crippen LogP contribution < -0.4 is 11.0 Å². The topological polar surface area (TPSA) is 134 Å². The molecule has 0 fully saturated rings. The van der Waals surface area contributed by atoms with Crippen molar-refractivity contribution in [2.45, 2.75) is 45.4 Å². The van der Waals surface area contributed by atoms with Crippen molar-refractivity contribution in [3.63, 3.8) is 0 Å². The standard InChI is InChI=1S/C19H23Cl2N3O6/c1-10(2)3-14(17(26)27)22-15(18(28)29)8-24-16(25)9-23(19(24)30)7-11-4-12(20)6-13(21)5-11/h4-6,9-10,14-15,22,25H,3,7-8H2,1-2H3,(H,26,27)(H,28,29). The van der Waals surface area contributed by atoms with Crippen molar-refractivity contribution in [2.75, 3.05) is 0 Å². The minimum absolute atomic E-state index is 0.00905. The van der Waals surface area contributed by atoms with Gasteiger partial charge in [0.05, 0.1) is 19.3 Å². The molecular weight excluding hydrogens is 437 g/mol. The van der Waals surface area contributed by atoms with Crippen molar-refractivity contribution in [1.82, 2.24) is 14.5 Å². The van der Waals surface area contributed by atoms with E-state index in [-0.39, 0.29) is 18.9 Å². The lowest BCUT2D eigenvalue weighted by atomic mass is 10.0. The fourth-order valence-corrected chi connectivity index (χ4v) is 3.61. The maximum Gasteiger partial charge on any atom is 0.331 e. The molecule has 2 rings (SSSR count). The van der Waals surface area contributed by atoms with Gasteiger partial charge < -0.3 is 15.3 Å². The number of aromatic nitrogens is 2. The van der Waals surface area contributed by atoms with E-state index in [1.165, 1.54) is 16.8 Å². The molecule has 0 radical (unpaired) electrons. The highest BCUT2D eigenvalue weighted by molar-refractivity contribution is 6.34. The molecule has 0 aliphatic heterocycles. The Balaban J connectivity index is 2.26. The Morgan fingerprint density at radius 1 is 1.07 bits per heavy atom. The molecule has 164 valence electrons. The fraction of sp³-hybridized carbons (Fsp3) is 0.421. The van der Waals surface area contributed by atoms with Crippen LogP contribution in [0.1, 0.15) is 25.8 Å². The number of carboxylic acids is 2. The zero-order valence-corrected chi connectivity index (χ0v) is 17.9. The highest BCUT2D eigenvalue weighted by Gasteiger charge is 2.28. The van der Waals surface area contributed by atoms with Crippen LogP contribution in [0.25, 0.3) is 0 Å². The quantitative estimate of drug-likeness (QED) is 0.427. The molecule has 1 aromatic heterocycles. The van der Waals surface area contributed by atoms with Gasteiger partial charge in [0.2, 0.25) is 5.88 Å². The number of aliphatic carboxylic acids is 2. The Kier molecular flexibility index (Phi) is 7.94. The number of nitrogens with one attached hydrogen (secondary N) is 1. The summed E-state index contributed by atoms with van der Waals surface area (Å²) < 4.78 is 2.05. The molecule has 0 saturated carbocycles. The molecule has 2 atom stereocenters. The van der Waals surface area contributed by atoms with Gasteiger partial charge in [-0.2, -0.15) is 0 Å². The van der Waals surface area contributed by atoms with E-state index in [2.05, 4.69) is 5.32 Å². The summed E-state index contributed by atoms with van der Waals surface area (Å²) in [7, 11) is 0. The number of carboxylic acid groups (broad SMARTS) is 2. The number of carbonyl (C=O) groups is 2. The van der Waals surface area contributed by atoms with E-state index in [1.807, 2.05) is 13.8 Å². The molecule has 0 spiro atoms. The number of nitrogens with zero attached hydrogens (tertiary/aromatic N) is 2. The molecule has 0 aliphatic rings. The van der Waals surface area contributed by atoms with E-state index < -0.39 is 42.1 Å². The molecule has 9 nitrogen and oxygen atoms in total. The maximum atomic E-state index is 12.7. The van der Waals surface area contributed by atoms with Gasteiger partial charge in [-0.15, -0.1) is 0 Å². The lowest BCUT2D eigenvalue weighted by Crippen LogP contribution is -2.50. The van der Waals surface area contributed by atoms with Gasteiger partial charge in [-0.1, -0.05) is 37.0 Å². The second-order valence-electron chi connectivity index (χ2n) is 7.36. The second-order valence-corrected chi connectivity index (χ2v) is 8.24. The maximum absolute atomic E-state index is 12.7. The first-order chi connectivity index (χ1) is 14.0. The number of imidazole rings is 1. The fourth-order valence-electron chi connectivity index (χ4n) is 3.04. The van der Waals surface area contributed by atoms with Gasteiger partial charge in [0.1, 0.15) is 12.1 Å². The minimum atomic E-state index is -1.40. The highest BCUT2D eigenvalue weighted by atomic mass is 35.5. The molecule has 0 bridgehead atoms. The number of hydrogen-bond donors (Lipinski definition) is 4. The molecule has 1 heterocycles. The average Bonchev–Trinajstić information content (AvgIpc) is 2.86. The van der Waals surface area contributed by atoms with E-state index in [1.54, 1.807) is 12.1 Å². The van der Waals surface area contributed by atoms with Crippen LogP contribution >= 0.6 is 23.2 Å². The molecule has 4 N–H and O–H groups in total. The van der Waals surface area contributed by atoms with Crippen LogP contribution in [0.2, 0.25) is 10.0 Å². The van der Waals surface area contributed by atoms with Gasteiger partial charge in [-0.05, 0) is 36.1 Å². The summed E-state index contributed by atoms with van der Waals surface area (Å²) in [6.45, 7) is 3.22. The van der Waals surface area contributed by atoms with Gasteiger partial charge in [-0.3, -0.25) is 24.0 Å². The molecule has 2 unspecified atom stereocenters. The van der Waals surface area contributed by atoms with Gasteiger partial charge >= 0.3 is 17.6 Å². The molecule has 0 amide bonds. The van der Waals surface area contributed by atoms with Crippen LogP contribution in [0.4, 0.5) is 0 Å². The minimum Gasteiger partial charge on any atom is -0.493 e. The van der Waals surface area contributed by atoms with E-state index in [0.717, 1.165) is 4.57 Å². The van der Waals surface area contributed by atoms with Crippen molar-refractivity contribution in [1.29, 1.82) is 0 Å². The first-order valence-corrected chi connectivity index (χ1v) is 9.89. The van der Waals surface area contributed by atoms with Gasteiger partial charge in [-0.25, -0.2) is 4.79 Å². The van der Waals surface area contributed by atoms with E-state index in [0.29, 0.717) is 15.6 Å².